The lowest BCUT2D eigenvalue weighted by Gasteiger charge is -2.03. The van der Waals surface area contributed by atoms with Gasteiger partial charge in [-0.05, 0) is 24.6 Å². The molecule has 1 aromatic heterocycles. The van der Waals surface area contributed by atoms with Crippen molar-refractivity contribution in [1.82, 2.24) is 4.98 Å². The number of aromatic carboxylic acids is 1. The summed E-state index contributed by atoms with van der Waals surface area (Å²) in [6, 6.07) is 5.10. The molecule has 1 N–H and O–H groups in total. The Morgan fingerprint density at radius 1 is 1.47 bits per heavy atom. The molecule has 2 aromatic rings. The molecule has 1 aromatic carbocycles. The molecular formula is C11H8ClNO2. The minimum Gasteiger partial charge on any atom is -0.478 e. The number of rotatable bonds is 1. The Bertz CT molecular complexity index is 552. The molecule has 2 rings (SSSR count). The number of fused-ring (bicyclic) bond motifs is 1. The first-order valence-electron chi connectivity index (χ1n) is 4.38. The molecule has 15 heavy (non-hydrogen) atoms. The van der Waals surface area contributed by atoms with E-state index in [0.717, 1.165) is 16.5 Å². The molecule has 0 fully saturated rings. The number of hydrogen-bond donors (Lipinski definition) is 1. The van der Waals surface area contributed by atoms with Crippen LogP contribution in [0.1, 0.15) is 15.9 Å². The minimum absolute atomic E-state index is 0.184. The van der Waals surface area contributed by atoms with Gasteiger partial charge in [-0.25, -0.2) is 4.79 Å². The molecule has 0 amide bonds. The topological polar surface area (TPSA) is 50.2 Å². The van der Waals surface area contributed by atoms with E-state index < -0.39 is 5.97 Å². The largest absolute Gasteiger partial charge is 0.478 e. The highest BCUT2D eigenvalue weighted by molar-refractivity contribution is 6.32. The summed E-state index contributed by atoms with van der Waals surface area (Å²) in [5, 5.41) is 10.2. The van der Waals surface area contributed by atoms with E-state index in [4.69, 9.17) is 16.7 Å². The monoisotopic (exact) mass is 221 g/mol. The summed E-state index contributed by atoms with van der Waals surface area (Å²) < 4.78 is 0. The van der Waals surface area contributed by atoms with Gasteiger partial charge in [0.15, 0.2) is 0 Å². The fraction of sp³-hybridized carbons (Fsp3) is 0.0909. The van der Waals surface area contributed by atoms with E-state index in [-0.39, 0.29) is 5.56 Å². The van der Waals surface area contributed by atoms with Crippen LogP contribution in [0.25, 0.3) is 10.9 Å². The van der Waals surface area contributed by atoms with E-state index in [1.807, 2.05) is 6.92 Å². The first-order chi connectivity index (χ1) is 7.09. The Hall–Kier alpha value is -1.61. The second-order valence-electron chi connectivity index (χ2n) is 3.27. The number of aryl methyl sites for hydroxylation is 1. The van der Waals surface area contributed by atoms with Crippen molar-refractivity contribution >= 4 is 28.5 Å². The molecule has 0 atom stereocenters. The van der Waals surface area contributed by atoms with Crippen molar-refractivity contribution in [3.63, 3.8) is 0 Å². The van der Waals surface area contributed by atoms with E-state index in [0.29, 0.717) is 5.02 Å². The fourth-order valence-electron chi connectivity index (χ4n) is 1.44. The average Bonchev–Trinajstić information content (AvgIpc) is 2.23. The zero-order valence-corrected chi connectivity index (χ0v) is 8.75. The highest BCUT2D eigenvalue weighted by Gasteiger charge is 2.07. The van der Waals surface area contributed by atoms with E-state index >= 15 is 0 Å². The summed E-state index contributed by atoms with van der Waals surface area (Å²) in [5.41, 5.74) is 1.79. The number of aromatic nitrogens is 1. The van der Waals surface area contributed by atoms with Crippen LogP contribution >= 0.6 is 11.6 Å². The van der Waals surface area contributed by atoms with Crippen molar-refractivity contribution in [3.05, 3.63) is 40.5 Å². The second kappa shape index (κ2) is 3.51. The molecule has 76 valence electrons. The van der Waals surface area contributed by atoms with Crippen molar-refractivity contribution in [2.24, 2.45) is 0 Å². The number of hydrogen-bond acceptors (Lipinski definition) is 2. The summed E-state index contributed by atoms with van der Waals surface area (Å²) in [5.74, 6) is -0.975. The molecule has 0 radical (unpaired) electrons. The fourth-order valence-corrected chi connectivity index (χ4v) is 1.59. The smallest absolute Gasteiger partial charge is 0.337 e. The van der Waals surface area contributed by atoms with Crippen LogP contribution < -0.4 is 0 Å². The van der Waals surface area contributed by atoms with Gasteiger partial charge in [0.1, 0.15) is 0 Å². The van der Waals surface area contributed by atoms with Crippen molar-refractivity contribution in [1.29, 1.82) is 0 Å². The van der Waals surface area contributed by atoms with Crippen molar-refractivity contribution in [2.45, 2.75) is 6.92 Å². The van der Waals surface area contributed by atoms with Gasteiger partial charge in [0.2, 0.25) is 0 Å². The third kappa shape index (κ3) is 1.66. The van der Waals surface area contributed by atoms with Crippen LogP contribution in [-0.4, -0.2) is 16.1 Å². The molecule has 0 saturated carbocycles. The lowest BCUT2D eigenvalue weighted by molar-refractivity contribution is 0.0696. The number of nitrogens with zero attached hydrogens (tertiary/aromatic N) is 1. The van der Waals surface area contributed by atoms with Gasteiger partial charge in [-0.15, -0.1) is 0 Å². The summed E-state index contributed by atoms with van der Waals surface area (Å²) in [4.78, 5) is 14.8. The van der Waals surface area contributed by atoms with Gasteiger partial charge < -0.3 is 5.11 Å². The van der Waals surface area contributed by atoms with Gasteiger partial charge in [0.25, 0.3) is 0 Å². The minimum atomic E-state index is -0.975. The highest BCUT2D eigenvalue weighted by Crippen LogP contribution is 2.24. The quantitative estimate of drug-likeness (QED) is 0.806. The summed E-state index contributed by atoms with van der Waals surface area (Å²) >= 11 is 5.93. The molecule has 0 aliphatic carbocycles. The number of carbonyl (C=O) groups is 1. The molecule has 0 spiro atoms. The van der Waals surface area contributed by atoms with E-state index in [9.17, 15) is 4.79 Å². The molecule has 1 heterocycles. The van der Waals surface area contributed by atoms with Crippen LogP contribution in [0.15, 0.2) is 24.4 Å². The van der Waals surface area contributed by atoms with Gasteiger partial charge >= 0.3 is 5.97 Å². The van der Waals surface area contributed by atoms with Crippen LogP contribution in [0.3, 0.4) is 0 Å². The number of carboxylic acid groups (broad SMARTS) is 1. The lowest BCUT2D eigenvalue weighted by atomic mass is 10.1. The predicted octanol–water partition coefficient (Wildman–Crippen LogP) is 2.89. The summed E-state index contributed by atoms with van der Waals surface area (Å²) in [6.07, 6.45) is 1.34. The molecule has 0 unspecified atom stereocenters. The van der Waals surface area contributed by atoms with Crippen LogP contribution in [0.5, 0.6) is 0 Å². The Labute approximate surface area is 91.3 Å². The molecule has 0 bridgehead atoms. The zero-order chi connectivity index (χ0) is 11.0. The van der Waals surface area contributed by atoms with Gasteiger partial charge in [-0.3, -0.25) is 4.98 Å². The Morgan fingerprint density at radius 3 is 2.87 bits per heavy atom. The van der Waals surface area contributed by atoms with Crippen molar-refractivity contribution in [3.8, 4) is 0 Å². The molecule has 0 saturated heterocycles. The van der Waals surface area contributed by atoms with E-state index in [2.05, 4.69) is 4.98 Å². The summed E-state index contributed by atoms with van der Waals surface area (Å²) in [7, 11) is 0. The maximum atomic E-state index is 10.7. The first kappa shape index (κ1) is 9.93. The number of benzene rings is 1. The maximum Gasteiger partial charge on any atom is 0.337 e. The molecular weight excluding hydrogens is 214 g/mol. The number of pyridine rings is 1. The third-order valence-electron chi connectivity index (χ3n) is 2.29. The Kier molecular flexibility index (Phi) is 2.32. The third-order valence-corrected chi connectivity index (χ3v) is 2.70. The van der Waals surface area contributed by atoms with Gasteiger partial charge in [0.05, 0.1) is 11.1 Å². The van der Waals surface area contributed by atoms with Gasteiger partial charge in [0, 0.05) is 16.6 Å². The standard InChI is InChI=1S/C11H8ClNO2/c1-6-9(12)3-2-7-4-8(11(14)15)5-13-10(6)7/h2-5H,1H3,(H,14,15). The average molecular weight is 222 g/mol. The first-order valence-corrected chi connectivity index (χ1v) is 4.75. The van der Waals surface area contributed by atoms with Gasteiger partial charge in [-0.2, -0.15) is 0 Å². The second-order valence-corrected chi connectivity index (χ2v) is 3.68. The van der Waals surface area contributed by atoms with E-state index in [1.54, 1.807) is 18.2 Å². The number of halogens is 1. The Morgan fingerprint density at radius 2 is 2.20 bits per heavy atom. The molecule has 3 nitrogen and oxygen atoms in total. The van der Waals surface area contributed by atoms with E-state index in [1.165, 1.54) is 6.20 Å². The molecule has 0 aliphatic rings. The number of carboxylic acids is 1. The predicted molar refractivity (Wildman–Crippen MR) is 58.4 cm³/mol. The normalized spacial score (nSPS) is 10.5. The highest BCUT2D eigenvalue weighted by atomic mass is 35.5. The maximum absolute atomic E-state index is 10.7. The zero-order valence-electron chi connectivity index (χ0n) is 7.99. The molecule has 4 heteroatoms. The SMILES string of the molecule is Cc1c(Cl)ccc2cc(C(=O)O)cnc12. The lowest BCUT2D eigenvalue weighted by Crippen LogP contribution is -1.97. The Balaban J connectivity index is 2.75. The van der Waals surface area contributed by atoms with Crippen LogP contribution in [0.4, 0.5) is 0 Å². The van der Waals surface area contributed by atoms with Gasteiger partial charge in [-0.1, -0.05) is 17.7 Å². The summed E-state index contributed by atoms with van der Waals surface area (Å²) in [6.45, 7) is 1.86. The van der Waals surface area contributed by atoms with Crippen LogP contribution in [-0.2, 0) is 0 Å². The van der Waals surface area contributed by atoms with Crippen LogP contribution in [0.2, 0.25) is 5.02 Å². The van der Waals surface area contributed by atoms with Crippen LogP contribution in [0, 0.1) is 6.92 Å². The van der Waals surface area contributed by atoms with Crippen molar-refractivity contribution < 1.29 is 9.90 Å². The molecule has 0 aliphatic heterocycles. The van der Waals surface area contributed by atoms with Crippen molar-refractivity contribution in [2.75, 3.05) is 0 Å².